The maximum Gasteiger partial charge on any atom is 0.251 e. The van der Waals surface area contributed by atoms with Crippen LogP contribution in [0, 0.1) is 0 Å². The van der Waals surface area contributed by atoms with E-state index in [0.717, 1.165) is 10.8 Å². The molecule has 0 atom stereocenters. The summed E-state index contributed by atoms with van der Waals surface area (Å²) in [6, 6.07) is 11.1. The summed E-state index contributed by atoms with van der Waals surface area (Å²) in [4.78, 5) is 11.2. The molecule has 0 saturated heterocycles. The molecule has 0 unspecified atom stereocenters. The maximum absolute atomic E-state index is 11.2. The largest absolute Gasteiger partial charge is 0.398 e. The SMILES string of the molecule is NC(=O)c1c(N)ccc2ccccc12. The molecule has 0 bridgehead atoms. The van der Waals surface area contributed by atoms with Crippen molar-refractivity contribution >= 4 is 22.4 Å². The number of anilines is 1. The molecule has 0 aliphatic carbocycles. The molecule has 0 radical (unpaired) electrons. The van der Waals surface area contributed by atoms with Gasteiger partial charge in [0.15, 0.2) is 0 Å². The van der Waals surface area contributed by atoms with Crippen molar-refractivity contribution < 1.29 is 4.79 Å². The van der Waals surface area contributed by atoms with Crippen LogP contribution in [0.4, 0.5) is 5.69 Å². The lowest BCUT2D eigenvalue weighted by atomic mass is 10.0. The van der Waals surface area contributed by atoms with Crippen LogP contribution in [-0.2, 0) is 0 Å². The van der Waals surface area contributed by atoms with Crippen LogP contribution >= 0.6 is 0 Å². The summed E-state index contributed by atoms with van der Waals surface area (Å²) < 4.78 is 0. The molecule has 0 saturated carbocycles. The molecule has 0 aliphatic heterocycles. The summed E-state index contributed by atoms with van der Waals surface area (Å²) in [7, 11) is 0. The second-order valence-electron chi connectivity index (χ2n) is 3.12. The molecular weight excluding hydrogens is 176 g/mol. The fourth-order valence-electron chi connectivity index (χ4n) is 1.56. The van der Waals surface area contributed by atoms with Gasteiger partial charge in [-0.25, -0.2) is 0 Å². The first-order chi connectivity index (χ1) is 6.70. The number of amides is 1. The van der Waals surface area contributed by atoms with Crippen LogP contribution in [0.2, 0.25) is 0 Å². The molecule has 0 aromatic heterocycles. The molecule has 4 N–H and O–H groups in total. The first-order valence-electron chi connectivity index (χ1n) is 4.27. The molecule has 14 heavy (non-hydrogen) atoms. The number of hydrogen-bond donors (Lipinski definition) is 2. The van der Waals surface area contributed by atoms with Crippen molar-refractivity contribution in [3.63, 3.8) is 0 Å². The maximum atomic E-state index is 11.2. The van der Waals surface area contributed by atoms with Crippen LogP contribution < -0.4 is 11.5 Å². The number of benzene rings is 2. The van der Waals surface area contributed by atoms with E-state index in [1.807, 2.05) is 30.3 Å². The smallest absolute Gasteiger partial charge is 0.251 e. The Hall–Kier alpha value is -2.03. The predicted molar refractivity (Wildman–Crippen MR) is 56.9 cm³/mol. The molecule has 70 valence electrons. The molecule has 1 amide bonds. The predicted octanol–water partition coefficient (Wildman–Crippen LogP) is 1.52. The standard InChI is InChI=1S/C11H10N2O/c12-9-6-5-7-3-1-2-4-8(7)10(9)11(13)14/h1-6H,12H2,(H2,13,14). The number of hydrogen-bond acceptors (Lipinski definition) is 2. The first kappa shape index (κ1) is 8.56. The lowest BCUT2D eigenvalue weighted by Gasteiger charge is -2.05. The quantitative estimate of drug-likeness (QED) is 0.663. The molecule has 3 nitrogen and oxygen atoms in total. The Balaban J connectivity index is 2.90. The van der Waals surface area contributed by atoms with Crippen LogP contribution in [0.5, 0.6) is 0 Å². The second-order valence-corrected chi connectivity index (χ2v) is 3.12. The van der Waals surface area contributed by atoms with E-state index < -0.39 is 5.91 Å². The van der Waals surface area contributed by atoms with Crippen molar-refractivity contribution in [1.29, 1.82) is 0 Å². The van der Waals surface area contributed by atoms with Crippen molar-refractivity contribution in [2.24, 2.45) is 5.73 Å². The average molecular weight is 186 g/mol. The third kappa shape index (κ3) is 1.19. The van der Waals surface area contributed by atoms with Crippen molar-refractivity contribution in [1.82, 2.24) is 0 Å². The molecule has 0 heterocycles. The highest BCUT2D eigenvalue weighted by Gasteiger charge is 2.09. The van der Waals surface area contributed by atoms with Gasteiger partial charge in [0.05, 0.1) is 5.56 Å². The minimum absolute atomic E-state index is 0.406. The van der Waals surface area contributed by atoms with Crippen LogP contribution in [0.15, 0.2) is 36.4 Å². The highest BCUT2D eigenvalue weighted by Crippen LogP contribution is 2.23. The van der Waals surface area contributed by atoms with E-state index in [2.05, 4.69) is 0 Å². The second kappa shape index (κ2) is 3.03. The Morgan fingerprint density at radius 3 is 2.50 bits per heavy atom. The Kier molecular flexibility index (Phi) is 1.85. The van der Waals surface area contributed by atoms with Gasteiger partial charge >= 0.3 is 0 Å². The first-order valence-corrected chi connectivity index (χ1v) is 4.27. The van der Waals surface area contributed by atoms with Gasteiger partial charge in [-0.05, 0) is 16.8 Å². The highest BCUT2D eigenvalue weighted by molar-refractivity contribution is 6.10. The van der Waals surface area contributed by atoms with Crippen molar-refractivity contribution in [2.75, 3.05) is 5.73 Å². The van der Waals surface area contributed by atoms with Gasteiger partial charge in [0.2, 0.25) is 0 Å². The Bertz CT molecular complexity index is 506. The molecule has 2 rings (SSSR count). The van der Waals surface area contributed by atoms with Gasteiger partial charge in [-0.15, -0.1) is 0 Å². The van der Waals surface area contributed by atoms with Gasteiger partial charge in [0.25, 0.3) is 5.91 Å². The van der Waals surface area contributed by atoms with Crippen molar-refractivity contribution in [3.8, 4) is 0 Å². The zero-order valence-corrected chi connectivity index (χ0v) is 7.53. The number of rotatable bonds is 1. The van der Waals surface area contributed by atoms with Gasteiger partial charge < -0.3 is 11.5 Å². The van der Waals surface area contributed by atoms with E-state index in [1.54, 1.807) is 6.07 Å². The fraction of sp³-hybridized carbons (Fsp3) is 0. The molecule has 2 aromatic rings. The van der Waals surface area contributed by atoms with Crippen LogP contribution in [0.1, 0.15) is 10.4 Å². The third-order valence-corrected chi connectivity index (χ3v) is 2.21. The zero-order chi connectivity index (χ0) is 10.1. The Labute approximate surface area is 81.3 Å². The normalized spacial score (nSPS) is 10.3. The fourth-order valence-corrected chi connectivity index (χ4v) is 1.56. The van der Waals surface area contributed by atoms with E-state index in [-0.39, 0.29) is 0 Å². The number of nitrogens with two attached hydrogens (primary N) is 2. The lowest BCUT2D eigenvalue weighted by molar-refractivity contribution is 0.100. The van der Waals surface area contributed by atoms with Crippen LogP contribution in [-0.4, -0.2) is 5.91 Å². The molecular formula is C11H10N2O. The molecule has 2 aromatic carbocycles. The van der Waals surface area contributed by atoms with E-state index in [1.165, 1.54) is 0 Å². The lowest BCUT2D eigenvalue weighted by Crippen LogP contribution is -2.13. The molecule has 0 aliphatic rings. The van der Waals surface area contributed by atoms with E-state index in [4.69, 9.17) is 11.5 Å². The van der Waals surface area contributed by atoms with Gasteiger partial charge in [-0.2, -0.15) is 0 Å². The van der Waals surface area contributed by atoms with Crippen molar-refractivity contribution in [2.45, 2.75) is 0 Å². The van der Waals surface area contributed by atoms with Crippen LogP contribution in [0.3, 0.4) is 0 Å². The number of fused-ring (bicyclic) bond motifs is 1. The summed E-state index contributed by atoms with van der Waals surface area (Å²) in [5, 5.41) is 1.77. The minimum Gasteiger partial charge on any atom is -0.398 e. The van der Waals surface area contributed by atoms with E-state index in [0.29, 0.717) is 11.3 Å². The van der Waals surface area contributed by atoms with E-state index in [9.17, 15) is 4.79 Å². The van der Waals surface area contributed by atoms with Crippen molar-refractivity contribution in [3.05, 3.63) is 42.0 Å². The number of nitrogen functional groups attached to an aromatic ring is 1. The highest BCUT2D eigenvalue weighted by atomic mass is 16.1. The molecule has 3 heteroatoms. The third-order valence-electron chi connectivity index (χ3n) is 2.21. The van der Waals surface area contributed by atoms with Gasteiger partial charge in [0.1, 0.15) is 0 Å². The zero-order valence-electron chi connectivity index (χ0n) is 7.53. The van der Waals surface area contributed by atoms with Crippen LogP contribution in [0.25, 0.3) is 10.8 Å². The van der Waals surface area contributed by atoms with Gasteiger partial charge in [-0.1, -0.05) is 30.3 Å². The molecule has 0 fully saturated rings. The number of carbonyl (C=O) groups excluding carboxylic acids is 1. The topological polar surface area (TPSA) is 69.1 Å². The monoisotopic (exact) mass is 186 g/mol. The summed E-state index contributed by atoms with van der Waals surface area (Å²) in [6.07, 6.45) is 0. The summed E-state index contributed by atoms with van der Waals surface area (Å²) in [6.45, 7) is 0. The van der Waals surface area contributed by atoms with Gasteiger partial charge in [0, 0.05) is 5.69 Å². The molecule has 0 spiro atoms. The van der Waals surface area contributed by atoms with E-state index >= 15 is 0 Å². The number of primary amides is 1. The Morgan fingerprint density at radius 1 is 1.07 bits per heavy atom. The summed E-state index contributed by atoms with van der Waals surface area (Å²) in [5.41, 5.74) is 11.8. The Morgan fingerprint density at radius 2 is 1.79 bits per heavy atom. The summed E-state index contributed by atoms with van der Waals surface area (Å²) in [5.74, 6) is -0.487. The minimum atomic E-state index is -0.487. The average Bonchev–Trinajstić information content (AvgIpc) is 2.17. The number of carbonyl (C=O) groups is 1. The summed E-state index contributed by atoms with van der Waals surface area (Å²) >= 11 is 0. The van der Waals surface area contributed by atoms with Gasteiger partial charge in [-0.3, -0.25) is 4.79 Å².